The summed E-state index contributed by atoms with van der Waals surface area (Å²) in [5.74, 6) is -0.902. The molecular weight excluding hydrogens is 347 g/mol. The molecule has 0 radical (unpaired) electrons. The van der Waals surface area contributed by atoms with Crippen LogP contribution in [0.2, 0.25) is 10.0 Å². The predicted molar refractivity (Wildman–Crippen MR) is 82.3 cm³/mol. The molecule has 1 N–H and O–H groups in total. The summed E-state index contributed by atoms with van der Waals surface area (Å²) in [6.45, 7) is -0.558. The summed E-state index contributed by atoms with van der Waals surface area (Å²) in [7, 11) is 0. The molecule has 1 aromatic rings. The van der Waals surface area contributed by atoms with Gasteiger partial charge in [-0.05, 0) is 18.2 Å². The van der Waals surface area contributed by atoms with Crippen molar-refractivity contribution in [3.8, 4) is 0 Å². The minimum absolute atomic E-state index is 0.219. The van der Waals surface area contributed by atoms with E-state index in [1.165, 1.54) is 18.2 Å². The van der Waals surface area contributed by atoms with Gasteiger partial charge in [-0.2, -0.15) is 5.10 Å². The van der Waals surface area contributed by atoms with Crippen LogP contribution in [0.4, 0.5) is 4.79 Å². The standard InChI is InChI=1S/C13H10Cl2N4O4/c14-9-2-1-8(3-10(9)15)11(21)4-18(7-20)6-16-19-5-12(22)17-13(19)23/h1-3,6-7H,4-5H2,(H,17,22,23). The van der Waals surface area contributed by atoms with Crippen LogP contribution in [0.25, 0.3) is 0 Å². The van der Waals surface area contributed by atoms with E-state index in [1.54, 1.807) is 0 Å². The van der Waals surface area contributed by atoms with Gasteiger partial charge >= 0.3 is 6.03 Å². The summed E-state index contributed by atoms with van der Waals surface area (Å²) in [5.41, 5.74) is 0.272. The van der Waals surface area contributed by atoms with Gasteiger partial charge in [-0.3, -0.25) is 24.6 Å². The van der Waals surface area contributed by atoms with Crippen LogP contribution in [0, 0.1) is 0 Å². The Bertz CT molecular complexity index is 707. The number of Topliss-reactive ketones (excluding diaryl/α,β-unsaturated/α-hetero) is 1. The molecule has 0 unspecified atom stereocenters. The highest BCUT2D eigenvalue weighted by atomic mass is 35.5. The first-order valence-corrected chi connectivity index (χ1v) is 7.01. The smallest absolute Gasteiger partial charge is 0.296 e. The molecular formula is C13H10Cl2N4O4. The van der Waals surface area contributed by atoms with Crippen molar-refractivity contribution in [3.63, 3.8) is 0 Å². The van der Waals surface area contributed by atoms with Gasteiger partial charge in [0.05, 0.1) is 16.6 Å². The van der Waals surface area contributed by atoms with E-state index in [9.17, 15) is 19.2 Å². The first-order chi connectivity index (χ1) is 10.9. The quantitative estimate of drug-likeness (QED) is 0.271. The van der Waals surface area contributed by atoms with Gasteiger partial charge in [0.2, 0.25) is 12.3 Å². The SMILES string of the molecule is O=CN(C=NN1CC(=O)NC1=O)CC(=O)c1ccc(Cl)c(Cl)c1. The van der Waals surface area contributed by atoms with E-state index in [0.717, 1.165) is 16.2 Å². The molecule has 1 heterocycles. The van der Waals surface area contributed by atoms with Gasteiger partial charge in [0.1, 0.15) is 12.9 Å². The molecule has 10 heteroatoms. The fourth-order valence-electron chi connectivity index (χ4n) is 1.69. The number of amides is 4. The van der Waals surface area contributed by atoms with Crippen molar-refractivity contribution in [1.29, 1.82) is 0 Å². The van der Waals surface area contributed by atoms with Crippen molar-refractivity contribution in [2.75, 3.05) is 13.1 Å². The highest BCUT2D eigenvalue weighted by Gasteiger charge is 2.26. The van der Waals surface area contributed by atoms with E-state index in [0.29, 0.717) is 11.4 Å². The van der Waals surface area contributed by atoms with Crippen LogP contribution < -0.4 is 5.32 Å². The minimum atomic E-state index is -0.701. The summed E-state index contributed by atoms with van der Waals surface area (Å²) < 4.78 is 0. The van der Waals surface area contributed by atoms with E-state index in [-0.39, 0.29) is 23.7 Å². The first-order valence-electron chi connectivity index (χ1n) is 6.25. The Morgan fingerprint density at radius 2 is 2.09 bits per heavy atom. The van der Waals surface area contributed by atoms with Crippen LogP contribution in [0.5, 0.6) is 0 Å². The molecule has 0 atom stereocenters. The van der Waals surface area contributed by atoms with Gasteiger partial charge in [0.25, 0.3) is 0 Å². The Labute approximate surface area is 140 Å². The molecule has 1 aliphatic heterocycles. The highest BCUT2D eigenvalue weighted by Crippen LogP contribution is 2.22. The molecule has 0 aromatic heterocycles. The zero-order valence-electron chi connectivity index (χ0n) is 11.5. The van der Waals surface area contributed by atoms with Crippen LogP contribution in [-0.2, 0) is 9.59 Å². The van der Waals surface area contributed by atoms with Crippen molar-refractivity contribution in [3.05, 3.63) is 33.8 Å². The monoisotopic (exact) mass is 356 g/mol. The van der Waals surface area contributed by atoms with Gasteiger partial charge in [0.15, 0.2) is 5.78 Å². The molecule has 1 saturated heterocycles. The number of ketones is 1. The Balaban J connectivity index is 2.02. The number of imide groups is 1. The second-order valence-electron chi connectivity index (χ2n) is 4.47. The second-order valence-corrected chi connectivity index (χ2v) is 5.29. The summed E-state index contributed by atoms with van der Waals surface area (Å²) >= 11 is 11.6. The molecule has 0 bridgehead atoms. The Hall–Kier alpha value is -2.45. The molecule has 1 aliphatic rings. The zero-order valence-corrected chi connectivity index (χ0v) is 13.0. The van der Waals surface area contributed by atoms with E-state index in [4.69, 9.17) is 23.2 Å². The molecule has 8 nitrogen and oxygen atoms in total. The number of hydrogen-bond acceptors (Lipinski definition) is 5. The Kier molecular flexibility index (Phi) is 5.30. The summed E-state index contributed by atoms with van der Waals surface area (Å²) in [6.07, 6.45) is 1.36. The maximum absolute atomic E-state index is 12.1. The first kappa shape index (κ1) is 16.9. The largest absolute Gasteiger partial charge is 0.345 e. The number of rotatable bonds is 6. The van der Waals surface area contributed by atoms with Crippen molar-refractivity contribution in [2.24, 2.45) is 5.10 Å². The van der Waals surface area contributed by atoms with Gasteiger partial charge < -0.3 is 0 Å². The molecule has 1 aromatic carbocycles. The lowest BCUT2D eigenvalue weighted by atomic mass is 10.1. The molecule has 120 valence electrons. The van der Waals surface area contributed by atoms with Gasteiger partial charge in [-0.15, -0.1) is 0 Å². The molecule has 0 aliphatic carbocycles. The van der Waals surface area contributed by atoms with Crippen molar-refractivity contribution >= 4 is 53.7 Å². The maximum Gasteiger partial charge on any atom is 0.345 e. The highest BCUT2D eigenvalue weighted by molar-refractivity contribution is 6.42. The normalized spacial score (nSPS) is 14.3. The average Bonchev–Trinajstić information content (AvgIpc) is 2.83. The lowest BCUT2D eigenvalue weighted by molar-refractivity contribution is -0.118. The van der Waals surface area contributed by atoms with E-state index in [2.05, 4.69) is 5.10 Å². The van der Waals surface area contributed by atoms with Crippen LogP contribution >= 0.6 is 23.2 Å². The van der Waals surface area contributed by atoms with Gasteiger partial charge in [-0.1, -0.05) is 23.2 Å². The fraction of sp³-hybridized carbons (Fsp3) is 0.154. The maximum atomic E-state index is 12.1. The lowest BCUT2D eigenvalue weighted by Gasteiger charge is -2.12. The minimum Gasteiger partial charge on any atom is -0.296 e. The van der Waals surface area contributed by atoms with Crippen LogP contribution in [0.3, 0.4) is 0 Å². The number of halogens is 2. The summed E-state index contributed by atoms with van der Waals surface area (Å²) in [4.78, 5) is 46.3. The van der Waals surface area contributed by atoms with Crippen LogP contribution in [0.15, 0.2) is 23.3 Å². The number of nitrogens with one attached hydrogen (secondary N) is 1. The summed E-state index contributed by atoms with van der Waals surface area (Å²) in [5, 5.41) is 7.06. The number of carbonyl (C=O) groups is 4. The number of nitrogens with zero attached hydrogens (tertiary/aromatic N) is 3. The predicted octanol–water partition coefficient (Wildman–Crippen LogP) is 1.13. The van der Waals surface area contributed by atoms with E-state index < -0.39 is 17.7 Å². The van der Waals surface area contributed by atoms with Crippen molar-refractivity contribution < 1.29 is 19.2 Å². The number of urea groups is 1. The lowest BCUT2D eigenvalue weighted by Crippen LogP contribution is -2.30. The van der Waals surface area contributed by atoms with Gasteiger partial charge in [-0.25, -0.2) is 9.80 Å². The zero-order chi connectivity index (χ0) is 17.0. The Morgan fingerprint density at radius 1 is 1.35 bits per heavy atom. The molecule has 1 fully saturated rings. The number of hydrazone groups is 1. The molecule has 2 rings (SSSR count). The molecule has 4 amide bonds. The third kappa shape index (κ3) is 4.27. The number of benzene rings is 1. The molecule has 0 saturated carbocycles. The van der Waals surface area contributed by atoms with Crippen LogP contribution in [0.1, 0.15) is 10.4 Å². The third-order valence-electron chi connectivity index (χ3n) is 2.82. The van der Waals surface area contributed by atoms with E-state index in [1.807, 2.05) is 5.32 Å². The van der Waals surface area contributed by atoms with Crippen LogP contribution in [-0.4, -0.2) is 53.5 Å². The average molecular weight is 357 g/mol. The van der Waals surface area contributed by atoms with E-state index >= 15 is 0 Å². The molecule has 0 spiro atoms. The Morgan fingerprint density at radius 3 is 2.65 bits per heavy atom. The molecule has 23 heavy (non-hydrogen) atoms. The van der Waals surface area contributed by atoms with Gasteiger partial charge in [0, 0.05) is 5.56 Å². The second kappa shape index (κ2) is 7.21. The number of carbonyl (C=O) groups excluding carboxylic acids is 4. The summed E-state index contributed by atoms with van der Waals surface area (Å²) in [6, 6.07) is 3.63. The number of hydrogen-bond donors (Lipinski definition) is 1. The van der Waals surface area contributed by atoms with Crippen molar-refractivity contribution in [2.45, 2.75) is 0 Å². The topological polar surface area (TPSA) is 99.2 Å². The fourth-order valence-corrected chi connectivity index (χ4v) is 1.98. The van der Waals surface area contributed by atoms with Crippen molar-refractivity contribution in [1.82, 2.24) is 15.2 Å². The third-order valence-corrected chi connectivity index (χ3v) is 3.56.